The molecule has 0 spiro atoms. The number of hydrogen-bond donors (Lipinski definition) is 2. The fourth-order valence-electron chi connectivity index (χ4n) is 0.400. The molecule has 0 aliphatic heterocycles. The van der Waals surface area contributed by atoms with E-state index in [9.17, 15) is 0 Å². The normalized spacial score (nSPS) is 9.60. The lowest BCUT2D eigenvalue weighted by Crippen LogP contribution is -2.03. The molecule has 0 radical (unpaired) electrons. The SMILES string of the molecule is N=C(N)SCc1cnns1. The van der Waals surface area contributed by atoms with Crippen molar-refractivity contribution < 1.29 is 0 Å². The minimum atomic E-state index is 0.133. The average molecular weight is 174 g/mol. The second-order valence-corrected chi connectivity index (χ2v) is 3.42. The molecule has 3 N–H and O–H groups in total. The van der Waals surface area contributed by atoms with Gasteiger partial charge in [0.2, 0.25) is 0 Å². The van der Waals surface area contributed by atoms with Crippen LogP contribution in [0.25, 0.3) is 0 Å². The minimum Gasteiger partial charge on any atom is -0.379 e. The third-order valence-electron chi connectivity index (χ3n) is 0.777. The molecule has 0 saturated carbocycles. The van der Waals surface area contributed by atoms with E-state index >= 15 is 0 Å². The molecule has 0 unspecified atom stereocenters. The maximum atomic E-state index is 6.90. The van der Waals surface area contributed by atoms with Gasteiger partial charge in [-0.25, -0.2) is 0 Å². The van der Waals surface area contributed by atoms with Crippen LogP contribution in [0.1, 0.15) is 4.88 Å². The van der Waals surface area contributed by atoms with Gasteiger partial charge in [-0.15, -0.1) is 5.10 Å². The first-order valence-electron chi connectivity index (χ1n) is 2.52. The molecule has 0 amide bonds. The van der Waals surface area contributed by atoms with Crippen molar-refractivity contribution in [3.63, 3.8) is 0 Å². The predicted molar refractivity (Wildman–Crippen MR) is 43.1 cm³/mol. The Morgan fingerprint density at radius 2 is 2.70 bits per heavy atom. The van der Waals surface area contributed by atoms with Crippen LogP contribution in [0.2, 0.25) is 0 Å². The molecule has 0 fully saturated rings. The van der Waals surface area contributed by atoms with Crippen molar-refractivity contribution in [3.8, 4) is 0 Å². The number of aromatic nitrogens is 2. The number of nitrogens with one attached hydrogen (secondary N) is 1. The molecule has 1 aromatic rings. The van der Waals surface area contributed by atoms with Gasteiger partial charge >= 0.3 is 0 Å². The number of rotatable bonds is 2. The van der Waals surface area contributed by atoms with E-state index in [1.165, 1.54) is 23.3 Å². The molecule has 6 heteroatoms. The van der Waals surface area contributed by atoms with Crippen LogP contribution >= 0.6 is 23.3 Å². The van der Waals surface area contributed by atoms with E-state index < -0.39 is 0 Å². The van der Waals surface area contributed by atoms with Gasteiger partial charge in [-0.2, -0.15) is 0 Å². The van der Waals surface area contributed by atoms with E-state index in [4.69, 9.17) is 11.1 Å². The van der Waals surface area contributed by atoms with Crippen molar-refractivity contribution in [1.29, 1.82) is 5.41 Å². The smallest absolute Gasteiger partial charge is 0.151 e. The van der Waals surface area contributed by atoms with Gasteiger partial charge in [0, 0.05) is 5.75 Å². The highest BCUT2D eigenvalue weighted by atomic mass is 32.2. The van der Waals surface area contributed by atoms with E-state index in [0.29, 0.717) is 5.75 Å². The van der Waals surface area contributed by atoms with Gasteiger partial charge in [-0.1, -0.05) is 16.3 Å². The molecule has 1 aromatic heterocycles. The van der Waals surface area contributed by atoms with E-state index in [1.807, 2.05) is 0 Å². The molecule has 0 aliphatic carbocycles. The zero-order valence-electron chi connectivity index (χ0n) is 5.07. The summed E-state index contributed by atoms with van der Waals surface area (Å²) >= 11 is 2.61. The lowest BCUT2D eigenvalue weighted by atomic mass is 10.6. The Morgan fingerprint density at radius 1 is 1.90 bits per heavy atom. The Labute approximate surface area is 66.5 Å². The third-order valence-corrected chi connectivity index (χ3v) is 2.39. The summed E-state index contributed by atoms with van der Waals surface area (Å²) in [6.45, 7) is 0. The van der Waals surface area contributed by atoms with E-state index in [0.717, 1.165) is 4.88 Å². The molecular formula is C4H6N4S2. The fourth-order valence-corrected chi connectivity index (χ4v) is 1.45. The zero-order chi connectivity index (χ0) is 7.40. The van der Waals surface area contributed by atoms with Crippen molar-refractivity contribution in [1.82, 2.24) is 9.59 Å². The van der Waals surface area contributed by atoms with Gasteiger partial charge in [0.25, 0.3) is 0 Å². The maximum absolute atomic E-state index is 6.90. The molecule has 0 aromatic carbocycles. The highest BCUT2D eigenvalue weighted by molar-refractivity contribution is 8.13. The lowest BCUT2D eigenvalue weighted by molar-refractivity contribution is 1.15. The van der Waals surface area contributed by atoms with E-state index in [-0.39, 0.29) is 5.17 Å². The zero-order valence-corrected chi connectivity index (χ0v) is 6.71. The van der Waals surface area contributed by atoms with Crippen molar-refractivity contribution >= 4 is 28.5 Å². The molecule has 0 saturated heterocycles. The number of nitrogens with two attached hydrogens (primary N) is 1. The quantitative estimate of drug-likeness (QED) is 0.510. The molecule has 1 rings (SSSR count). The van der Waals surface area contributed by atoms with Gasteiger partial charge in [0.1, 0.15) is 0 Å². The maximum Gasteiger partial charge on any atom is 0.151 e. The van der Waals surface area contributed by atoms with Crippen LogP contribution < -0.4 is 5.73 Å². The van der Waals surface area contributed by atoms with Crippen LogP contribution in [0.15, 0.2) is 6.20 Å². The monoisotopic (exact) mass is 174 g/mol. The van der Waals surface area contributed by atoms with Gasteiger partial charge in [0.15, 0.2) is 5.17 Å². The number of thioether (sulfide) groups is 1. The summed E-state index contributed by atoms with van der Waals surface area (Å²) in [6, 6.07) is 0. The summed E-state index contributed by atoms with van der Waals surface area (Å²) in [7, 11) is 0. The first kappa shape index (κ1) is 7.49. The summed E-state index contributed by atoms with van der Waals surface area (Å²) in [5.74, 6) is 0.701. The van der Waals surface area contributed by atoms with Gasteiger partial charge in [0.05, 0.1) is 11.1 Å². The van der Waals surface area contributed by atoms with Crippen LogP contribution in [0, 0.1) is 5.41 Å². The Balaban J connectivity index is 2.35. The van der Waals surface area contributed by atoms with Crippen molar-refractivity contribution in [3.05, 3.63) is 11.1 Å². The van der Waals surface area contributed by atoms with Gasteiger partial charge in [-0.05, 0) is 11.5 Å². The first-order valence-corrected chi connectivity index (χ1v) is 4.28. The third kappa shape index (κ3) is 2.32. The van der Waals surface area contributed by atoms with E-state index in [2.05, 4.69) is 9.59 Å². The Morgan fingerprint density at radius 3 is 3.20 bits per heavy atom. The van der Waals surface area contributed by atoms with Crippen molar-refractivity contribution in [2.24, 2.45) is 5.73 Å². The lowest BCUT2D eigenvalue weighted by Gasteiger charge is -1.91. The van der Waals surface area contributed by atoms with Crippen molar-refractivity contribution in [2.45, 2.75) is 5.75 Å². The summed E-state index contributed by atoms with van der Waals surface area (Å²) < 4.78 is 3.67. The standard InChI is InChI=1S/C4H6N4S2/c5-4(6)9-2-3-1-7-8-10-3/h1H,2H2,(H3,5,6). The number of amidine groups is 1. The van der Waals surface area contributed by atoms with Crippen molar-refractivity contribution in [2.75, 3.05) is 0 Å². The van der Waals surface area contributed by atoms with Gasteiger partial charge < -0.3 is 5.73 Å². The molecule has 10 heavy (non-hydrogen) atoms. The molecule has 1 heterocycles. The molecule has 0 atom stereocenters. The molecule has 0 bridgehead atoms. The Kier molecular flexibility index (Phi) is 2.64. The largest absolute Gasteiger partial charge is 0.379 e. The number of nitrogens with zero attached hydrogens (tertiary/aromatic N) is 2. The molecule has 54 valence electrons. The topological polar surface area (TPSA) is 75.7 Å². The Hall–Kier alpha value is -0.620. The van der Waals surface area contributed by atoms with Gasteiger partial charge in [-0.3, -0.25) is 5.41 Å². The number of hydrogen-bond acceptors (Lipinski definition) is 5. The summed E-state index contributed by atoms with van der Waals surface area (Å²) in [5.41, 5.74) is 5.12. The van der Waals surface area contributed by atoms with Crippen LogP contribution in [0.3, 0.4) is 0 Å². The highest BCUT2D eigenvalue weighted by Gasteiger charge is 1.96. The summed E-state index contributed by atoms with van der Waals surface area (Å²) in [6.07, 6.45) is 1.68. The predicted octanol–water partition coefficient (Wildman–Crippen LogP) is 0.665. The molecule has 0 aliphatic rings. The summed E-state index contributed by atoms with van der Waals surface area (Å²) in [5, 5.41) is 10.7. The second kappa shape index (κ2) is 3.52. The highest BCUT2D eigenvalue weighted by Crippen LogP contribution is 2.12. The first-order chi connectivity index (χ1) is 4.79. The molecular weight excluding hydrogens is 168 g/mol. The molecule has 4 nitrogen and oxygen atoms in total. The Bertz CT molecular complexity index is 207. The second-order valence-electron chi connectivity index (χ2n) is 1.54. The van der Waals surface area contributed by atoms with E-state index in [1.54, 1.807) is 6.20 Å². The average Bonchev–Trinajstić information content (AvgIpc) is 2.34. The van der Waals surface area contributed by atoms with Crippen LogP contribution in [-0.2, 0) is 5.75 Å². The minimum absolute atomic E-state index is 0.133. The van der Waals surface area contributed by atoms with Crippen LogP contribution in [0.5, 0.6) is 0 Å². The van der Waals surface area contributed by atoms with Crippen LogP contribution in [0.4, 0.5) is 0 Å². The fraction of sp³-hybridized carbons (Fsp3) is 0.250. The summed E-state index contributed by atoms with van der Waals surface area (Å²) in [4.78, 5) is 1.04. The van der Waals surface area contributed by atoms with Crippen LogP contribution in [-0.4, -0.2) is 14.8 Å².